The van der Waals surface area contributed by atoms with Crippen molar-refractivity contribution in [1.29, 1.82) is 0 Å². The largest absolute Gasteiger partial charge is 0.486 e. The van der Waals surface area contributed by atoms with Crippen LogP contribution in [-0.2, 0) is 0 Å². The molecule has 2 aromatic heterocycles. The molecule has 0 saturated carbocycles. The summed E-state index contributed by atoms with van der Waals surface area (Å²) < 4.78 is 22.9. The Hall–Kier alpha value is -3.49. The maximum Gasteiger partial charge on any atom is 0.255 e. The van der Waals surface area contributed by atoms with Crippen LogP contribution in [-0.4, -0.2) is 65.2 Å². The highest BCUT2D eigenvalue weighted by Gasteiger charge is 2.36. The monoisotopic (exact) mass is 481 g/mol. The van der Waals surface area contributed by atoms with Gasteiger partial charge in [0.1, 0.15) is 12.1 Å². The highest BCUT2D eigenvalue weighted by atomic mass is 19.1. The van der Waals surface area contributed by atoms with Gasteiger partial charge in [-0.05, 0) is 37.5 Å². The third-order valence-corrected chi connectivity index (χ3v) is 6.42. The van der Waals surface area contributed by atoms with Crippen molar-refractivity contribution in [2.75, 3.05) is 38.2 Å². The zero-order valence-corrected chi connectivity index (χ0v) is 20.5. The number of ether oxygens (including phenoxy) is 1. The van der Waals surface area contributed by atoms with Crippen molar-refractivity contribution < 1.29 is 18.7 Å². The quantitative estimate of drug-likeness (QED) is 0.622. The van der Waals surface area contributed by atoms with Crippen LogP contribution in [0.3, 0.4) is 0 Å². The molecule has 1 saturated heterocycles. The molecule has 1 fully saturated rings. The van der Waals surface area contributed by atoms with Crippen LogP contribution in [0.2, 0.25) is 0 Å². The Morgan fingerprint density at radius 2 is 2.00 bits per heavy atom. The number of fused-ring (bicyclic) bond motifs is 1. The number of rotatable bonds is 4. The standard InChI is InChI=1S/C26H32FN5O3/c1-5-26(27)16-32(20-9-12-31(22(14-20)28-4)24(33)18(2)3)23-21(35-17-26)13-19(15-29-23)25(34)30-10-7-6-8-11-30/h5,9,12-15,18H,1,6-8,10-11,16-17H2,2-4H3. The Bertz CT molecular complexity index is 1200. The predicted octanol–water partition coefficient (Wildman–Crippen LogP) is 3.76. The predicted molar refractivity (Wildman–Crippen MR) is 132 cm³/mol. The summed E-state index contributed by atoms with van der Waals surface area (Å²) >= 11 is 0. The number of piperidine rings is 1. The fourth-order valence-corrected chi connectivity index (χ4v) is 4.34. The molecule has 2 aliphatic heterocycles. The van der Waals surface area contributed by atoms with Crippen molar-refractivity contribution in [2.45, 2.75) is 38.8 Å². The van der Waals surface area contributed by atoms with Crippen LogP contribution in [0.25, 0.3) is 0 Å². The lowest BCUT2D eigenvalue weighted by Crippen LogP contribution is -2.39. The Kier molecular flexibility index (Phi) is 7.05. The van der Waals surface area contributed by atoms with E-state index in [1.54, 1.807) is 36.3 Å². The first-order valence-electron chi connectivity index (χ1n) is 12.0. The number of nitrogens with zero attached hydrogens (tertiary/aromatic N) is 5. The molecule has 9 heteroatoms. The van der Waals surface area contributed by atoms with Gasteiger partial charge in [-0.25, -0.2) is 9.37 Å². The Labute approximate surface area is 204 Å². The molecule has 186 valence electrons. The first kappa shape index (κ1) is 24.6. The zero-order chi connectivity index (χ0) is 25.2. The van der Waals surface area contributed by atoms with Gasteiger partial charge < -0.3 is 14.5 Å². The maximum atomic E-state index is 15.6. The van der Waals surface area contributed by atoms with Gasteiger partial charge in [0.2, 0.25) is 5.91 Å². The van der Waals surface area contributed by atoms with E-state index in [0.717, 1.165) is 32.4 Å². The normalized spacial score (nSPS) is 20.8. The first-order valence-corrected chi connectivity index (χ1v) is 12.0. The summed E-state index contributed by atoms with van der Waals surface area (Å²) in [5.74, 6) is 0.294. The van der Waals surface area contributed by atoms with Crippen molar-refractivity contribution in [2.24, 2.45) is 10.9 Å². The van der Waals surface area contributed by atoms with Crippen molar-refractivity contribution >= 4 is 23.3 Å². The van der Waals surface area contributed by atoms with Gasteiger partial charge in [0, 0.05) is 50.2 Å². The summed E-state index contributed by atoms with van der Waals surface area (Å²) in [4.78, 5) is 37.9. The second-order valence-electron chi connectivity index (χ2n) is 9.34. The molecule has 0 N–H and O–H groups in total. The molecule has 1 atom stereocenters. The number of likely N-dealkylation sites (tertiary alicyclic amines) is 1. The van der Waals surface area contributed by atoms with E-state index in [1.165, 1.54) is 16.8 Å². The van der Waals surface area contributed by atoms with Crippen molar-refractivity contribution in [1.82, 2.24) is 14.5 Å². The molecule has 1 unspecified atom stereocenters. The molecule has 0 spiro atoms. The molecular formula is C26H32FN5O3. The fourth-order valence-electron chi connectivity index (χ4n) is 4.34. The molecule has 8 nitrogen and oxygen atoms in total. The number of carbonyl (C=O) groups is 2. The molecule has 0 radical (unpaired) electrons. The molecule has 0 aliphatic carbocycles. The highest BCUT2D eigenvalue weighted by Crippen LogP contribution is 2.38. The van der Waals surface area contributed by atoms with Gasteiger partial charge in [-0.3, -0.25) is 19.1 Å². The number of carbonyl (C=O) groups excluding carboxylic acids is 2. The van der Waals surface area contributed by atoms with Gasteiger partial charge in [-0.15, -0.1) is 0 Å². The van der Waals surface area contributed by atoms with E-state index in [4.69, 9.17) is 4.74 Å². The summed E-state index contributed by atoms with van der Waals surface area (Å²) in [5, 5.41) is 0. The highest BCUT2D eigenvalue weighted by molar-refractivity contribution is 5.95. The van der Waals surface area contributed by atoms with Gasteiger partial charge in [0.05, 0.1) is 12.1 Å². The summed E-state index contributed by atoms with van der Waals surface area (Å²) in [7, 11) is 1.60. The molecule has 1 amide bonds. The third-order valence-electron chi connectivity index (χ3n) is 6.42. The molecule has 2 aromatic rings. The minimum absolute atomic E-state index is 0.0957. The SMILES string of the molecule is C=CC1(F)COc2cc(C(=O)N3CCCCC3)cnc2N(c2ccn(C(=O)C(C)C)c(=NC)c2)C1. The average molecular weight is 482 g/mol. The van der Waals surface area contributed by atoms with E-state index in [-0.39, 0.29) is 30.9 Å². The third kappa shape index (κ3) is 4.99. The van der Waals surface area contributed by atoms with Crippen LogP contribution >= 0.6 is 0 Å². The number of aromatic nitrogens is 2. The van der Waals surface area contributed by atoms with Gasteiger partial charge >= 0.3 is 0 Å². The number of amides is 1. The molecule has 0 aromatic carbocycles. The van der Waals surface area contributed by atoms with Crippen LogP contribution in [0.15, 0.2) is 48.2 Å². The molecule has 0 bridgehead atoms. The molecular weight excluding hydrogens is 449 g/mol. The number of anilines is 2. The smallest absolute Gasteiger partial charge is 0.255 e. The van der Waals surface area contributed by atoms with Crippen LogP contribution in [0, 0.1) is 5.92 Å². The van der Waals surface area contributed by atoms with Crippen molar-refractivity contribution in [3.8, 4) is 5.75 Å². The Morgan fingerprint density at radius 1 is 1.26 bits per heavy atom. The number of hydrogen-bond acceptors (Lipinski definition) is 6. The lowest BCUT2D eigenvalue weighted by Gasteiger charge is -2.28. The Morgan fingerprint density at radius 3 is 2.66 bits per heavy atom. The van der Waals surface area contributed by atoms with Gasteiger partial charge in [-0.2, -0.15) is 0 Å². The van der Waals surface area contributed by atoms with E-state index < -0.39 is 5.67 Å². The van der Waals surface area contributed by atoms with E-state index in [0.29, 0.717) is 28.3 Å². The minimum Gasteiger partial charge on any atom is -0.486 e. The van der Waals surface area contributed by atoms with Gasteiger partial charge in [0.15, 0.2) is 17.2 Å². The van der Waals surface area contributed by atoms with Crippen LogP contribution in [0.5, 0.6) is 5.75 Å². The van der Waals surface area contributed by atoms with Crippen LogP contribution in [0.4, 0.5) is 15.9 Å². The number of hydrogen-bond donors (Lipinski definition) is 0. The molecule has 35 heavy (non-hydrogen) atoms. The lowest BCUT2D eigenvalue weighted by molar-refractivity contribution is 0.0723. The number of halogens is 1. The fraction of sp³-hybridized carbons (Fsp3) is 0.462. The lowest BCUT2D eigenvalue weighted by atomic mass is 10.1. The topological polar surface area (TPSA) is 80.0 Å². The van der Waals surface area contributed by atoms with E-state index >= 15 is 4.39 Å². The maximum absolute atomic E-state index is 15.6. The Balaban J connectivity index is 1.76. The second-order valence-corrected chi connectivity index (χ2v) is 9.34. The summed E-state index contributed by atoms with van der Waals surface area (Å²) in [6.07, 6.45) is 7.46. The summed E-state index contributed by atoms with van der Waals surface area (Å²) in [6, 6.07) is 5.08. The van der Waals surface area contributed by atoms with Gasteiger partial charge in [-0.1, -0.05) is 20.4 Å². The van der Waals surface area contributed by atoms with Crippen LogP contribution < -0.4 is 15.1 Å². The zero-order valence-electron chi connectivity index (χ0n) is 20.5. The molecule has 4 heterocycles. The number of pyridine rings is 2. The van der Waals surface area contributed by atoms with E-state index in [2.05, 4.69) is 16.6 Å². The van der Waals surface area contributed by atoms with E-state index in [9.17, 15) is 9.59 Å². The van der Waals surface area contributed by atoms with Gasteiger partial charge in [0.25, 0.3) is 5.91 Å². The first-order chi connectivity index (χ1) is 16.8. The molecule has 4 rings (SSSR count). The molecule has 2 aliphatic rings. The summed E-state index contributed by atoms with van der Waals surface area (Å²) in [5.41, 5.74) is -0.418. The second kappa shape index (κ2) is 10.0. The van der Waals surface area contributed by atoms with Crippen molar-refractivity contribution in [3.63, 3.8) is 0 Å². The summed E-state index contributed by atoms with van der Waals surface area (Å²) in [6.45, 7) is 8.38. The van der Waals surface area contributed by atoms with Crippen LogP contribution in [0.1, 0.15) is 48.3 Å². The van der Waals surface area contributed by atoms with E-state index in [1.807, 2.05) is 18.7 Å². The minimum atomic E-state index is -1.86. The van der Waals surface area contributed by atoms with Crippen molar-refractivity contribution in [3.05, 3.63) is 54.3 Å². The average Bonchev–Trinajstić information content (AvgIpc) is 3.04. The number of alkyl halides is 1.